The summed E-state index contributed by atoms with van der Waals surface area (Å²) in [5.41, 5.74) is 1.60. The molecule has 2 amide bonds. The lowest BCUT2D eigenvalue weighted by atomic mass is 10.2. The van der Waals surface area contributed by atoms with Crippen LogP contribution in [0, 0.1) is 0 Å². The molecule has 7 heteroatoms. The standard InChI is InChI=1S/C18H16ClN3O2S/c19-13-8-4-5-9-14(13)21-16(23)10-15-17(24)22-18(25-15)20-11-12-6-2-1-3-7-12/h1-9,15H,10-11H2,(H,21,23)(H,20,22,24). The minimum absolute atomic E-state index is 0.0616. The third-order valence-electron chi connectivity index (χ3n) is 3.54. The number of nitrogens with one attached hydrogen (secondary N) is 2. The zero-order valence-corrected chi connectivity index (χ0v) is 14.8. The van der Waals surface area contributed by atoms with Gasteiger partial charge in [-0.1, -0.05) is 65.8 Å². The molecule has 1 saturated heterocycles. The molecule has 2 aromatic carbocycles. The molecule has 1 atom stereocenters. The fourth-order valence-corrected chi connectivity index (χ4v) is 3.45. The Morgan fingerprint density at radius 1 is 1.16 bits per heavy atom. The molecular weight excluding hydrogens is 358 g/mol. The second-order valence-corrected chi connectivity index (χ2v) is 7.03. The van der Waals surface area contributed by atoms with E-state index in [4.69, 9.17) is 11.6 Å². The molecule has 1 aliphatic heterocycles. The Balaban J connectivity index is 1.56. The van der Waals surface area contributed by atoms with Gasteiger partial charge in [-0.05, 0) is 17.7 Å². The van der Waals surface area contributed by atoms with Crippen LogP contribution in [0.15, 0.2) is 59.6 Å². The summed E-state index contributed by atoms with van der Waals surface area (Å²) < 4.78 is 0. The van der Waals surface area contributed by atoms with Crippen LogP contribution < -0.4 is 10.6 Å². The Hall–Kier alpha value is -2.31. The van der Waals surface area contributed by atoms with Gasteiger partial charge >= 0.3 is 0 Å². The molecule has 2 N–H and O–H groups in total. The van der Waals surface area contributed by atoms with Crippen LogP contribution >= 0.6 is 23.4 Å². The van der Waals surface area contributed by atoms with Gasteiger partial charge in [-0.2, -0.15) is 0 Å². The van der Waals surface area contributed by atoms with Gasteiger partial charge in [0.15, 0.2) is 5.17 Å². The minimum atomic E-state index is -0.489. The van der Waals surface area contributed by atoms with E-state index in [2.05, 4.69) is 15.6 Å². The molecule has 0 saturated carbocycles. The number of amides is 2. The van der Waals surface area contributed by atoms with Crippen molar-refractivity contribution in [2.24, 2.45) is 4.99 Å². The lowest BCUT2D eigenvalue weighted by molar-refractivity contribution is -0.122. The van der Waals surface area contributed by atoms with E-state index in [9.17, 15) is 9.59 Å². The first-order valence-electron chi connectivity index (χ1n) is 7.72. The van der Waals surface area contributed by atoms with Crippen LogP contribution in [-0.4, -0.2) is 22.2 Å². The van der Waals surface area contributed by atoms with Gasteiger partial charge in [0.25, 0.3) is 0 Å². The van der Waals surface area contributed by atoms with Crippen molar-refractivity contribution in [1.29, 1.82) is 0 Å². The zero-order chi connectivity index (χ0) is 17.6. The molecule has 1 heterocycles. The molecule has 5 nitrogen and oxygen atoms in total. The largest absolute Gasteiger partial charge is 0.325 e. The van der Waals surface area contributed by atoms with Crippen LogP contribution in [-0.2, 0) is 16.1 Å². The van der Waals surface area contributed by atoms with E-state index in [0.717, 1.165) is 5.56 Å². The lowest BCUT2D eigenvalue weighted by Gasteiger charge is -2.08. The van der Waals surface area contributed by atoms with E-state index in [1.165, 1.54) is 11.8 Å². The van der Waals surface area contributed by atoms with Gasteiger partial charge in [-0.15, -0.1) is 0 Å². The number of aliphatic imine (C=N–C) groups is 1. The predicted molar refractivity (Wildman–Crippen MR) is 102 cm³/mol. The molecule has 3 rings (SSSR count). The summed E-state index contributed by atoms with van der Waals surface area (Å²) in [6.45, 7) is 0.488. The molecule has 128 valence electrons. The van der Waals surface area contributed by atoms with Crippen molar-refractivity contribution < 1.29 is 9.59 Å². The second-order valence-electron chi connectivity index (χ2n) is 5.43. The quantitative estimate of drug-likeness (QED) is 0.843. The number of halogens is 1. The number of hydrogen-bond acceptors (Lipinski definition) is 4. The fourth-order valence-electron chi connectivity index (χ4n) is 2.29. The second kappa shape index (κ2) is 8.18. The Bertz CT molecular complexity index is 811. The average Bonchev–Trinajstić information content (AvgIpc) is 2.96. The summed E-state index contributed by atoms with van der Waals surface area (Å²) in [6.07, 6.45) is 0.0616. The number of hydrogen-bond donors (Lipinski definition) is 2. The number of carbonyl (C=O) groups excluding carboxylic acids is 2. The van der Waals surface area contributed by atoms with Crippen molar-refractivity contribution in [3.05, 3.63) is 65.2 Å². The van der Waals surface area contributed by atoms with E-state index < -0.39 is 5.25 Å². The highest BCUT2D eigenvalue weighted by Gasteiger charge is 2.32. The Labute approximate surface area is 154 Å². The van der Waals surface area contributed by atoms with Gasteiger partial charge in [0.1, 0.15) is 5.25 Å². The SMILES string of the molecule is O=C(CC1SC(=NCc2ccccc2)NC1=O)Nc1ccccc1Cl. The van der Waals surface area contributed by atoms with Crippen LogP contribution in [0.2, 0.25) is 5.02 Å². The van der Waals surface area contributed by atoms with Crippen molar-refractivity contribution in [2.75, 3.05) is 5.32 Å². The number of benzene rings is 2. The summed E-state index contributed by atoms with van der Waals surface area (Å²) >= 11 is 7.29. The molecule has 0 bridgehead atoms. The van der Waals surface area contributed by atoms with Crippen molar-refractivity contribution >= 4 is 46.0 Å². The van der Waals surface area contributed by atoms with Crippen LogP contribution in [0.5, 0.6) is 0 Å². The van der Waals surface area contributed by atoms with Crippen LogP contribution in [0.3, 0.4) is 0 Å². The summed E-state index contributed by atoms with van der Waals surface area (Å²) in [5, 5.41) is 5.97. The minimum Gasteiger partial charge on any atom is -0.325 e. The third kappa shape index (κ3) is 4.84. The van der Waals surface area contributed by atoms with Gasteiger partial charge in [-0.3, -0.25) is 14.6 Å². The van der Waals surface area contributed by atoms with Gasteiger partial charge in [0.2, 0.25) is 11.8 Å². The number of nitrogens with zero attached hydrogens (tertiary/aromatic N) is 1. The fraction of sp³-hybridized carbons (Fsp3) is 0.167. The van der Waals surface area contributed by atoms with Gasteiger partial charge < -0.3 is 10.6 Å². The van der Waals surface area contributed by atoms with E-state index in [-0.39, 0.29) is 18.2 Å². The summed E-state index contributed by atoms with van der Waals surface area (Å²) in [7, 11) is 0. The van der Waals surface area contributed by atoms with Crippen molar-refractivity contribution in [3.63, 3.8) is 0 Å². The molecule has 2 aromatic rings. The number of rotatable bonds is 5. The average molecular weight is 374 g/mol. The molecule has 25 heavy (non-hydrogen) atoms. The molecule has 0 spiro atoms. The number of amidine groups is 1. The smallest absolute Gasteiger partial charge is 0.240 e. The first-order valence-corrected chi connectivity index (χ1v) is 8.98. The maximum atomic E-state index is 12.1. The van der Waals surface area contributed by atoms with Gasteiger partial charge in [0, 0.05) is 6.42 Å². The summed E-state index contributed by atoms with van der Waals surface area (Å²) in [4.78, 5) is 28.6. The number of para-hydroxylation sites is 1. The van der Waals surface area contributed by atoms with Gasteiger partial charge in [-0.25, -0.2) is 0 Å². The Kier molecular flexibility index (Phi) is 5.73. The third-order valence-corrected chi connectivity index (χ3v) is 4.99. The van der Waals surface area contributed by atoms with Crippen LogP contribution in [0.25, 0.3) is 0 Å². The molecule has 1 fully saturated rings. The molecule has 0 aliphatic carbocycles. The van der Waals surface area contributed by atoms with Crippen molar-refractivity contribution in [3.8, 4) is 0 Å². The highest BCUT2D eigenvalue weighted by molar-refractivity contribution is 8.15. The monoisotopic (exact) mass is 373 g/mol. The Morgan fingerprint density at radius 2 is 1.88 bits per heavy atom. The maximum Gasteiger partial charge on any atom is 0.240 e. The van der Waals surface area contributed by atoms with E-state index >= 15 is 0 Å². The summed E-state index contributed by atoms with van der Waals surface area (Å²) in [6, 6.07) is 16.8. The molecule has 1 aliphatic rings. The molecular formula is C18H16ClN3O2S. The lowest BCUT2D eigenvalue weighted by Crippen LogP contribution is -2.28. The van der Waals surface area contributed by atoms with Crippen molar-refractivity contribution in [2.45, 2.75) is 18.2 Å². The Morgan fingerprint density at radius 3 is 2.64 bits per heavy atom. The zero-order valence-electron chi connectivity index (χ0n) is 13.2. The molecule has 0 aromatic heterocycles. The number of thioether (sulfide) groups is 1. The summed E-state index contributed by atoms with van der Waals surface area (Å²) in [5.74, 6) is -0.462. The normalized spacial score (nSPS) is 18.2. The van der Waals surface area contributed by atoms with Crippen LogP contribution in [0.4, 0.5) is 5.69 Å². The molecule has 1 unspecified atom stereocenters. The van der Waals surface area contributed by atoms with Crippen LogP contribution in [0.1, 0.15) is 12.0 Å². The highest BCUT2D eigenvalue weighted by Crippen LogP contribution is 2.25. The first-order chi connectivity index (χ1) is 12.1. The van der Waals surface area contributed by atoms with Gasteiger partial charge in [0.05, 0.1) is 17.3 Å². The number of carbonyl (C=O) groups is 2. The predicted octanol–water partition coefficient (Wildman–Crippen LogP) is 3.46. The topological polar surface area (TPSA) is 70.6 Å². The van der Waals surface area contributed by atoms with E-state index in [1.807, 2.05) is 30.3 Å². The van der Waals surface area contributed by atoms with E-state index in [0.29, 0.717) is 22.4 Å². The van der Waals surface area contributed by atoms with E-state index in [1.54, 1.807) is 24.3 Å². The molecule has 0 radical (unpaired) electrons. The first kappa shape index (κ1) is 17.5. The van der Waals surface area contributed by atoms with Crippen molar-refractivity contribution in [1.82, 2.24) is 5.32 Å². The highest BCUT2D eigenvalue weighted by atomic mass is 35.5. The number of anilines is 1. The maximum absolute atomic E-state index is 12.1.